The van der Waals surface area contributed by atoms with E-state index in [2.05, 4.69) is 28.8 Å². The molecule has 2 aromatic heterocycles. The van der Waals surface area contributed by atoms with Gasteiger partial charge < -0.3 is 9.80 Å². The molecular formula is C22H26N6O. The van der Waals surface area contributed by atoms with Gasteiger partial charge in [-0.15, -0.1) is 0 Å². The molecule has 3 aromatic rings. The highest BCUT2D eigenvalue weighted by Gasteiger charge is 2.23. The van der Waals surface area contributed by atoms with Crippen molar-refractivity contribution in [2.24, 2.45) is 0 Å². The fourth-order valence-corrected chi connectivity index (χ4v) is 3.49. The molecule has 0 aliphatic carbocycles. The van der Waals surface area contributed by atoms with Gasteiger partial charge in [0.1, 0.15) is 11.6 Å². The number of aryl methyl sites for hydroxylation is 1. The summed E-state index contributed by atoms with van der Waals surface area (Å²) < 4.78 is 1.78. The maximum absolute atomic E-state index is 12.9. The number of amides is 1. The smallest absolute Gasteiger partial charge is 0.253 e. The van der Waals surface area contributed by atoms with E-state index < -0.39 is 0 Å². The molecular weight excluding hydrogens is 364 g/mol. The highest BCUT2D eigenvalue weighted by Crippen LogP contribution is 2.19. The molecule has 1 saturated heterocycles. The van der Waals surface area contributed by atoms with Crippen molar-refractivity contribution in [1.29, 1.82) is 0 Å². The molecule has 1 amide bonds. The molecule has 7 heteroatoms. The summed E-state index contributed by atoms with van der Waals surface area (Å²) in [5.41, 5.74) is 2.63. The minimum Gasteiger partial charge on any atom is -0.353 e. The monoisotopic (exact) mass is 390 g/mol. The van der Waals surface area contributed by atoms with Crippen LogP contribution >= 0.6 is 0 Å². The molecule has 4 rings (SSSR count). The van der Waals surface area contributed by atoms with E-state index in [1.807, 2.05) is 54.4 Å². The summed E-state index contributed by atoms with van der Waals surface area (Å²) in [5.74, 6) is 2.19. The van der Waals surface area contributed by atoms with Crippen molar-refractivity contribution >= 4 is 11.7 Å². The lowest BCUT2D eigenvalue weighted by Crippen LogP contribution is -2.49. The first-order valence-corrected chi connectivity index (χ1v) is 10.0. The van der Waals surface area contributed by atoms with Crippen LogP contribution in [0.5, 0.6) is 0 Å². The van der Waals surface area contributed by atoms with Crippen LogP contribution < -0.4 is 4.90 Å². The second-order valence-electron chi connectivity index (χ2n) is 7.66. The van der Waals surface area contributed by atoms with E-state index in [0.29, 0.717) is 24.6 Å². The van der Waals surface area contributed by atoms with Gasteiger partial charge in [0.25, 0.3) is 5.91 Å². The van der Waals surface area contributed by atoms with Gasteiger partial charge in [0, 0.05) is 61.8 Å². The van der Waals surface area contributed by atoms with Crippen molar-refractivity contribution in [2.75, 3.05) is 31.1 Å². The van der Waals surface area contributed by atoms with E-state index in [0.717, 1.165) is 36.1 Å². The minimum absolute atomic E-state index is 0.0680. The van der Waals surface area contributed by atoms with Crippen LogP contribution in [0.1, 0.15) is 41.6 Å². The number of anilines is 1. The zero-order valence-corrected chi connectivity index (χ0v) is 17.1. The van der Waals surface area contributed by atoms with E-state index in [9.17, 15) is 4.79 Å². The average molecular weight is 390 g/mol. The first kappa shape index (κ1) is 19.1. The van der Waals surface area contributed by atoms with Crippen LogP contribution in [0.2, 0.25) is 0 Å². The van der Waals surface area contributed by atoms with E-state index in [1.165, 1.54) is 0 Å². The molecule has 0 bridgehead atoms. The zero-order valence-electron chi connectivity index (χ0n) is 17.1. The van der Waals surface area contributed by atoms with Crippen LogP contribution in [0.25, 0.3) is 5.69 Å². The van der Waals surface area contributed by atoms with E-state index >= 15 is 0 Å². The van der Waals surface area contributed by atoms with E-state index in [4.69, 9.17) is 4.98 Å². The van der Waals surface area contributed by atoms with Crippen molar-refractivity contribution in [1.82, 2.24) is 24.6 Å². The summed E-state index contributed by atoms with van der Waals surface area (Å²) in [6, 6.07) is 11.5. The number of carbonyl (C=O) groups is 1. The Kier molecular flexibility index (Phi) is 5.29. The number of nitrogens with zero attached hydrogens (tertiary/aromatic N) is 6. The maximum atomic E-state index is 12.9. The molecule has 1 fully saturated rings. The Morgan fingerprint density at radius 3 is 2.38 bits per heavy atom. The van der Waals surface area contributed by atoms with Crippen molar-refractivity contribution < 1.29 is 4.79 Å². The maximum Gasteiger partial charge on any atom is 0.253 e. The summed E-state index contributed by atoms with van der Waals surface area (Å²) in [5, 5.41) is 4.22. The van der Waals surface area contributed by atoms with Crippen LogP contribution in [0, 0.1) is 6.92 Å². The molecule has 1 aliphatic rings. The highest BCUT2D eigenvalue weighted by molar-refractivity contribution is 5.94. The molecule has 3 heterocycles. The van der Waals surface area contributed by atoms with Crippen LogP contribution in [0.15, 0.2) is 48.8 Å². The van der Waals surface area contributed by atoms with Crippen molar-refractivity contribution in [3.8, 4) is 5.69 Å². The SMILES string of the molecule is Cc1cc(N2CCN(C(=O)c3ccc(-n4cccn4)cc3)CC2)nc(C(C)C)n1. The molecule has 0 radical (unpaired) electrons. The molecule has 1 aromatic carbocycles. The van der Waals surface area contributed by atoms with Crippen molar-refractivity contribution in [2.45, 2.75) is 26.7 Å². The molecule has 29 heavy (non-hydrogen) atoms. The van der Waals surface area contributed by atoms with Crippen LogP contribution in [0.4, 0.5) is 5.82 Å². The Hall–Kier alpha value is -3.22. The predicted molar refractivity (Wildman–Crippen MR) is 113 cm³/mol. The van der Waals surface area contributed by atoms with Gasteiger partial charge in [-0.25, -0.2) is 14.6 Å². The average Bonchev–Trinajstić information content (AvgIpc) is 3.28. The van der Waals surface area contributed by atoms with Gasteiger partial charge in [-0.1, -0.05) is 13.8 Å². The second-order valence-corrected chi connectivity index (χ2v) is 7.66. The van der Waals surface area contributed by atoms with Crippen molar-refractivity contribution in [3.63, 3.8) is 0 Å². The first-order valence-electron chi connectivity index (χ1n) is 10.0. The molecule has 0 atom stereocenters. The largest absolute Gasteiger partial charge is 0.353 e. The van der Waals surface area contributed by atoms with Gasteiger partial charge in [0.05, 0.1) is 5.69 Å². The lowest BCUT2D eigenvalue weighted by atomic mass is 10.1. The highest BCUT2D eigenvalue weighted by atomic mass is 16.2. The van der Waals surface area contributed by atoms with Gasteiger partial charge in [-0.2, -0.15) is 5.10 Å². The summed E-state index contributed by atoms with van der Waals surface area (Å²) in [7, 11) is 0. The number of aromatic nitrogens is 4. The molecule has 0 N–H and O–H groups in total. The number of piperazine rings is 1. The first-order chi connectivity index (χ1) is 14.0. The molecule has 7 nitrogen and oxygen atoms in total. The third kappa shape index (κ3) is 4.13. The van der Waals surface area contributed by atoms with Crippen LogP contribution in [-0.2, 0) is 0 Å². The molecule has 150 valence electrons. The van der Waals surface area contributed by atoms with Crippen LogP contribution in [-0.4, -0.2) is 56.7 Å². The van der Waals surface area contributed by atoms with Gasteiger partial charge in [-0.05, 0) is 37.3 Å². The minimum atomic E-state index is 0.0680. The van der Waals surface area contributed by atoms with Gasteiger partial charge in [0.15, 0.2) is 0 Å². The summed E-state index contributed by atoms with van der Waals surface area (Å²) >= 11 is 0. The van der Waals surface area contributed by atoms with Crippen molar-refractivity contribution in [3.05, 3.63) is 65.9 Å². The summed E-state index contributed by atoms with van der Waals surface area (Å²) in [4.78, 5) is 26.3. The molecule has 0 saturated carbocycles. The topological polar surface area (TPSA) is 67.2 Å². The quantitative estimate of drug-likeness (QED) is 0.685. The number of benzene rings is 1. The van der Waals surface area contributed by atoms with Gasteiger partial charge in [-0.3, -0.25) is 4.79 Å². The normalized spacial score (nSPS) is 14.5. The predicted octanol–water partition coefficient (Wildman–Crippen LogP) is 3.06. The second kappa shape index (κ2) is 8.03. The summed E-state index contributed by atoms with van der Waals surface area (Å²) in [6.45, 7) is 9.11. The third-order valence-corrected chi connectivity index (χ3v) is 5.15. The zero-order chi connectivity index (χ0) is 20.4. The third-order valence-electron chi connectivity index (χ3n) is 5.15. The Morgan fingerprint density at radius 1 is 1.03 bits per heavy atom. The fraction of sp³-hybridized carbons (Fsp3) is 0.364. The Bertz CT molecular complexity index is 973. The lowest BCUT2D eigenvalue weighted by molar-refractivity contribution is 0.0746. The number of rotatable bonds is 4. The molecule has 1 aliphatic heterocycles. The van der Waals surface area contributed by atoms with Crippen LogP contribution in [0.3, 0.4) is 0 Å². The molecule has 0 unspecified atom stereocenters. The number of carbonyl (C=O) groups excluding carboxylic acids is 1. The van der Waals surface area contributed by atoms with E-state index in [-0.39, 0.29) is 5.91 Å². The number of hydrogen-bond acceptors (Lipinski definition) is 5. The Morgan fingerprint density at radius 2 is 1.76 bits per heavy atom. The lowest BCUT2D eigenvalue weighted by Gasteiger charge is -2.35. The molecule has 0 spiro atoms. The fourth-order valence-electron chi connectivity index (χ4n) is 3.49. The Balaban J connectivity index is 1.41. The summed E-state index contributed by atoms with van der Waals surface area (Å²) in [6.07, 6.45) is 3.62. The standard InChI is InChI=1S/C22H26N6O/c1-16(2)21-24-17(3)15-20(25-21)26-11-13-27(14-12-26)22(29)18-5-7-19(8-6-18)28-10-4-9-23-28/h4-10,15-16H,11-14H2,1-3H3. The van der Waals surface area contributed by atoms with E-state index in [1.54, 1.807) is 10.9 Å². The Labute approximate surface area is 171 Å². The van der Waals surface area contributed by atoms with Gasteiger partial charge >= 0.3 is 0 Å². The number of hydrogen-bond donors (Lipinski definition) is 0. The van der Waals surface area contributed by atoms with Gasteiger partial charge in [0.2, 0.25) is 0 Å².